The minimum absolute atomic E-state index is 0.137. The standard InChI is InChI=1S/C14H21ClN4O2S2/c1-9-4-3-5-10(2)19(9)12(21)8-22-14-18-17-13(23-14)16-11(20)6-7-15/h9-10H,3-8H2,1-2H3,(H,16,17,20). The number of hydrogen-bond donors (Lipinski definition) is 1. The molecule has 2 unspecified atom stereocenters. The number of carbonyl (C=O) groups excluding carboxylic acids is 2. The van der Waals surface area contributed by atoms with Crippen molar-refractivity contribution in [3.8, 4) is 0 Å². The van der Waals surface area contributed by atoms with Gasteiger partial charge in [0.15, 0.2) is 4.34 Å². The number of piperidine rings is 1. The molecule has 2 rings (SSSR count). The van der Waals surface area contributed by atoms with Crippen molar-refractivity contribution in [2.75, 3.05) is 16.9 Å². The number of carbonyl (C=O) groups is 2. The van der Waals surface area contributed by atoms with E-state index in [1.165, 1.54) is 29.5 Å². The summed E-state index contributed by atoms with van der Waals surface area (Å²) in [6, 6.07) is 0.596. The molecule has 1 saturated heterocycles. The Morgan fingerprint density at radius 2 is 2.04 bits per heavy atom. The number of hydrogen-bond acceptors (Lipinski definition) is 6. The van der Waals surface area contributed by atoms with E-state index in [0.717, 1.165) is 12.8 Å². The van der Waals surface area contributed by atoms with Gasteiger partial charge in [0.1, 0.15) is 0 Å². The summed E-state index contributed by atoms with van der Waals surface area (Å²) < 4.78 is 0.678. The molecule has 2 amide bonds. The van der Waals surface area contributed by atoms with E-state index in [4.69, 9.17) is 11.6 Å². The molecular formula is C14H21ClN4O2S2. The second-order valence-electron chi connectivity index (χ2n) is 5.58. The van der Waals surface area contributed by atoms with E-state index in [1.807, 2.05) is 4.90 Å². The van der Waals surface area contributed by atoms with Gasteiger partial charge in [-0.3, -0.25) is 9.59 Å². The Morgan fingerprint density at radius 1 is 1.35 bits per heavy atom. The molecule has 1 aromatic heterocycles. The summed E-state index contributed by atoms with van der Waals surface area (Å²) in [6.07, 6.45) is 3.56. The maximum atomic E-state index is 12.4. The third-order valence-electron chi connectivity index (χ3n) is 3.77. The number of nitrogens with zero attached hydrogens (tertiary/aromatic N) is 3. The van der Waals surface area contributed by atoms with Gasteiger partial charge in [-0.25, -0.2) is 0 Å². The number of alkyl halides is 1. The van der Waals surface area contributed by atoms with E-state index < -0.39 is 0 Å². The van der Waals surface area contributed by atoms with Crippen molar-refractivity contribution in [3.05, 3.63) is 0 Å². The molecule has 2 atom stereocenters. The third kappa shape index (κ3) is 5.32. The lowest BCUT2D eigenvalue weighted by Crippen LogP contribution is -2.48. The fraction of sp³-hybridized carbons (Fsp3) is 0.714. The average molecular weight is 377 g/mol. The number of thioether (sulfide) groups is 1. The van der Waals surface area contributed by atoms with E-state index in [2.05, 4.69) is 29.4 Å². The third-order valence-corrected chi connectivity index (χ3v) is 5.92. The van der Waals surface area contributed by atoms with E-state index in [0.29, 0.717) is 27.3 Å². The van der Waals surface area contributed by atoms with E-state index in [1.54, 1.807) is 0 Å². The highest BCUT2D eigenvalue weighted by molar-refractivity contribution is 8.01. The van der Waals surface area contributed by atoms with Crippen LogP contribution in [0, 0.1) is 0 Å². The van der Waals surface area contributed by atoms with Crippen LogP contribution < -0.4 is 5.32 Å². The van der Waals surface area contributed by atoms with Crippen molar-refractivity contribution in [3.63, 3.8) is 0 Å². The summed E-state index contributed by atoms with van der Waals surface area (Å²) in [4.78, 5) is 25.9. The lowest BCUT2D eigenvalue weighted by atomic mass is 9.98. The van der Waals surface area contributed by atoms with Gasteiger partial charge in [0, 0.05) is 24.4 Å². The summed E-state index contributed by atoms with van der Waals surface area (Å²) in [5, 5.41) is 11.0. The van der Waals surface area contributed by atoms with Gasteiger partial charge >= 0.3 is 0 Å². The number of rotatable bonds is 6. The van der Waals surface area contributed by atoms with Crippen LogP contribution >= 0.6 is 34.7 Å². The van der Waals surface area contributed by atoms with Crippen LogP contribution in [0.1, 0.15) is 39.5 Å². The normalized spacial score (nSPS) is 21.3. The zero-order chi connectivity index (χ0) is 16.8. The zero-order valence-electron chi connectivity index (χ0n) is 13.2. The topological polar surface area (TPSA) is 75.2 Å². The molecule has 1 fully saturated rings. The fourth-order valence-electron chi connectivity index (χ4n) is 2.70. The van der Waals surface area contributed by atoms with E-state index in [-0.39, 0.29) is 24.1 Å². The molecule has 0 bridgehead atoms. The fourth-order valence-corrected chi connectivity index (χ4v) is 4.51. The highest BCUT2D eigenvalue weighted by Gasteiger charge is 2.28. The maximum Gasteiger partial charge on any atom is 0.233 e. The first-order valence-electron chi connectivity index (χ1n) is 7.64. The molecule has 2 heterocycles. The molecule has 128 valence electrons. The van der Waals surface area contributed by atoms with Crippen molar-refractivity contribution in [2.24, 2.45) is 0 Å². The van der Waals surface area contributed by atoms with Crippen LogP contribution in [0.2, 0.25) is 0 Å². The van der Waals surface area contributed by atoms with Crippen molar-refractivity contribution in [2.45, 2.75) is 56.0 Å². The van der Waals surface area contributed by atoms with E-state index in [9.17, 15) is 9.59 Å². The largest absolute Gasteiger partial charge is 0.337 e. The first-order valence-corrected chi connectivity index (χ1v) is 9.98. The molecule has 9 heteroatoms. The number of aromatic nitrogens is 2. The summed E-state index contributed by atoms with van der Waals surface area (Å²) in [7, 11) is 0. The zero-order valence-corrected chi connectivity index (χ0v) is 15.6. The van der Waals surface area contributed by atoms with Gasteiger partial charge in [0.05, 0.1) is 5.75 Å². The first-order chi connectivity index (χ1) is 11.0. The minimum Gasteiger partial charge on any atom is -0.337 e. The summed E-state index contributed by atoms with van der Waals surface area (Å²) in [6.45, 7) is 4.21. The van der Waals surface area contributed by atoms with Crippen LogP contribution in [-0.2, 0) is 9.59 Å². The van der Waals surface area contributed by atoms with E-state index >= 15 is 0 Å². The number of anilines is 1. The van der Waals surface area contributed by atoms with Crippen LogP contribution in [0.3, 0.4) is 0 Å². The first kappa shape index (κ1) is 18.5. The lowest BCUT2D eigenvalue weighted by molar-refractivity contribution is -0.134. The summed E-state index contributed by atoms with van der Waals surface area (Å²) >= 11 is 8.15. The minimum atomic E-state index is -0.181. The molecule has 0 spiro atoms. The molecule has 1 aliphatic rings. The Bertz CT molecular complexity index is 545. The molecule has 6 nitrogen and oxygen atoms in total. The number of nitrogens with one attached hydrogen (secondary N) is 1. The van der Waals surface area contributed by atoms with Gasteiger partial charge in [0.25, 0.3) is 0 Å². The molecule has 1 aromatic rings. The van der Waals surface area contributed by atoms with Gasteiger partial charge in [-0.15, -0.1) is 21.8 Å². The van der Waals surface area contributed by atoms with Crippen LogP contribution in [-0.4, -0.2) is 50.6 Å². The SMILES string of the molecule is CC1CCCC(C)N1C(=O)CSc1nnc(NC(=O)CCCl)s1. The molecule has 1 aliphatic heterocycles. The van der Waals surface area contributed by atoms with Gasteiger partial charge in [-0.05, 0) is 33.1 Å². The van der Waals surface area contributed by atoms with Gasteiger partial charge in [0.2, 0.25) is 16.9 Å². The summed E-state index contributed by atoms with van der Waals surface area (Å²) in [5.74, 6) is 0.573. The molecule has 1 N–H and O–H groups in total. The molecule has 0 aromatic carbocycles. The van der Waals surface area contributed by atoms with Gasteiger partial charge < -0.3 is 10.2 Å². The summed E-state index contributed by atoms with van der Waals surface area (Å²) in [5.41, 5.74) is 0. The molecule has 23 heavy (non-hydrogen) atoms. The number of halogens is 1. The Balaban J connectivity index is 1.84. The van der Waals surface area contributed by atoms with Gasteiger partial charge in [-0.2, -0.15) is 0 Å². The molecular weight excluding hydrogens is 356 g/mol. The molecule has 0 radical (unpaired) electrons. The second-order valence-corrected chi connectivity index (χ2v) is 8.16. The lowest BCUT2D eigenvalue weighted by Gasteiger charge is -2.39. The van der Waals surface area contributed by atoms with Crippen molar-refractivity contribution in [1.82, 2.24) is 15.1 Å². The van der Waals surface area contributed by atoms with Crippen LogP contribution in [0.4, 0.5) is 5.13 Å². The van der Waals surface area contributed by atoms with Crippen molar-refractivity contribution < 1.29 is 9.59 Å². The Hall–Kier alpha value is -0.860. The maximum absolute atomic E-state index is 12.4. The highest BCUT2D eigenvalue weighted by atomic mass is 35.5. The number of likely N-dealkylation sites (tertiary alicyclic amines) is 1. The average Bonchev–Trinajstić information content (AvgIpc) is 2.92. The quantitative estimate of drug-likeness (QED) is 0.469. The molecule has 0 aliphatic carbocycles. The second kappa shape index (κ2) is 8.84. The van der Waals surface area contributed by atoms with Crippen LogP contribution in [0.15, 0.2) is 4.34 Å². The Kier molecular flexibility index (Phi) is 7.10. The van der Waals surface area contributed by atoms with Gasteiger partial charge in [-0.1, -0.05) is 23.1 Å². The predicted molar refractivity (Wildman–Crippen MR) is 94.2 cm³/mol. The molecule has 0 saturated carbocycles. The Labute approximate surface area is 149 Å². The Morgan fingerprint density at radius 3 is 2.70 bits per heavy atom. The monoisotopic (exact) mass is 376 g/mol. The van der Waals surface area contributed by atoms with Crippen molar-refractivity contribution >= 4 is 51.6 Å². The highest BCUT2D eigenvalue weighted by Crippen LogP contribution is 2.28. The predicted octanol–water partition coefficient (Wildman–Crippen LogP) is 2.99. The van der Waals surface area contributed by atoms with Crippen LogP contribution in [0.5, 0.6) is 0 Å². The number of amides is 2. The van der Waals surface area contributed by atoms with Crippen molar-refractivity contribution in [1.29, 1.82) is 0 Å². The van der Waals surface area contributed by atoms with Crippen LogP contribution in [0.25, 0.3) is 0 Å². The smallest absolute Gasteiger partial charge is 0.233 e.